The lowest BCUT2D eigenvalue weighted by molar-refractivity contribution is -0.386. The van der Waals surface area contributed by atoms with Gasteiger partial charge in [-0.1, -0.05) is 6.07 Å². The molecular formula is C18H19NO5. The summed E-state index contributed by atoms with van der Waals surface area (Å²) in [6.45, 7) is 7.04. The van der Waals surface area contributed by atoms with Gasteiger partial charge in [-0.05, 0) is 63.6 Å². The van der Waals surface area contributed by atoms with Crippen molar-refractivity contribution in [1.82, 2.24) is 0 Å². The van der Waals surface area contributed by atoms with Gasteiger partial charge in [-0.2, -0.15) is 0 Å². The number of carbonyl (C=O) groups is 1. The summed E-state index contributed by atoms with van der Waals surface area (Å²) in [5, 5.41) is 11.3. The minimum atomic E-state index is -0.452. The van der Waals surface area contributed by atoms with Crippen LogP contribution in [0.25, 0.3) is 0 Å². The third-order valence-electron chi connectivity index (χ3n) is 3.51. The van der Waals surface area contributed by atoms with Gasteiger partial charge in [0.2, 0.25) is 5.75 Å². The number of ether oxygens (including phenoxy) is 2. The van der Waals surface area contributed by atoms with E-state index >= 15 is 0 Å². The second kappa shape index (κ2) is 7.12. The van der Waals surface area contributed by atoms with Crippen LogP contribution in [0.15, 0.2) is 36.4 Å². The van der Waals surface area contributed by atoms with E-state index in [0.717, 1.165) is 5.56 Å². The molecule has 0 saturated heterocycles. The van der Waals surface area contributed by atoms with E-state index < -0.39 is 10.9 Å². The molecule has 2 aromatic rings. The van der Waals surface area contributed by atoms with Crippen LogP contribution in [0.3, 0.4) is 0 Å². The summed E-state index contributed by atoms with van der Waals surface area (Å²) in [6, 6.07) is 9.62. The van der Waals surface area contributed by atoms with Crippen molar-refractivity contribution in [3.8, 4) is 11.5 Å². The Hall–Kier alpha value is -2.89. The van der Waals surface area contributed by atoms with Gasteiger partial charge in [0, 0.05) is 5.56 Å². The summed E-state index contributed by atoms with van der Waals surface area (Å²) >= 11 is 0. The highest BCUT2D eigenvalue weighted by molar-refractivity contribution is 5.89. The average Bonchev–Trinajstić information content (AvgIpc) is 2.50. The largest absolute Gasteiger partial charge is 0.459 e. The molecule has 0 amide bonds. The molecule has 0 atom stereocenters. The van der Waals surface area contributed by atoms with E-state index in [-0.39, 0.29) is 17.5 Å². The molecule has 0 N–H and O–H groups in total. The van der Waals surface area contributed by atoms with Crippen molar-refractivity contribution in [2.75, 3.05) is 0 Å². The van der Waals surface area contributed by atoms with Crippen LogP contribution in [0, 0.1) is 24.0 Å². The molecule has 0 aliphatic rings. The summed E-state index contributed by atoms with van der Waals surface area (Å²) < 4.78 is 10.7. The first kappa shape index (κ1) is 17.5. The van der Waals surface area contributed by atoms with Crippen molar-refractivity contribution in [3.05, 3.63) is 63.2 Å². The predicted molar refractivity (Wildman–Crippen MR) is 89.6 cm³/mol. The number of aryl methyl sites for hydroxylation is 1. The second-order valence-corrected chi connectivity index (χ2v) is 5.69. The first-order valence-corrected chi connectivity index (χ1v) is 7.53. The number of rotatable bonds is 5. The average molecular weight is 329 g/mol. The Kier molecular flexibility index (Phi) is 5.18. The number of hydrogen-bond donors (Lipinski definition) is 0. The van der Waals surface area contributed by atoms with Gasteiger partial charge in [0.1, 0.15) is 5.75 Å². The molecule has 24 heavy (non-hydrogen) atoms. The molecule has 6 nitrogen and oxygen atoms in total. The van der Waals surface area contributed by atoms with Gasteiger partial charge in [0.05, 0.1) is 16.6 Å². The number of nitro groups is 1. The summed E-state index contributed by atoms with van der Waals surface area (Å²) in [4.78, 5) is 22.6. The highest BCUT2D eigenvalue weighted by Gasteiger charge is 2.21. The minimum absolute atomic E-state index is 0.0571. The molecule has 0 spiro atoms. The maximum atomic E-state index is 11.8. The van der Waals surface area contributed by atoms with Crippen molar-refractivity contribution in [2.45, 2.75) is 33.8 Å². The fourth-order valence-electron chi connectivity index (χ4n) is 2.15. The highest BCUT2D eigenvalue weighted by atomic mass is 16.6. The lowest BCUT2D eigenvalue weighted by Crippen LogP contribution is -2.11. The summed E-state index contributed by atoms with van der Waals surface area (Å²) in [6.07, 6.45) is -0.202. The van der Waals surface area contributed by atoms with Gasteiger partial charge >= 0.3 is 11.7 Å². The number of benzene rings is 2. The standard InChI is InChI=1S/C18H19NO5/c1-11(2)23-18(20)14-6-8-15(9-7-14)24-16-10-5-12(3)13(4)17(16)19(21)22/h5-11H,1-4H3. The van der Waals surface area contributed by atoms with E-state index in [0.29, 0.717) is 16.9 Å². The number of nitrogens with zero attached hydrogens (tertiary/aromatic N) is 1. The molecule has 0 aliphatic carbocycles. The van der Waals surface area contributed by atoms with E-state index in [9.17, 15) is 14.9 Å². The highest BCUT2D eigenvalue weighted by Crippen LogP contribution is 2.35. The Morgan fingerprint density at radius 2 is 1.71 bits per heavy atom. The first-order chi connectivity index (χ1) is 11.3. The van der Waals surface area contributed by atoms with Crippen LogP contribution in [-0.2, 0) is 4.74 Å². The quantitative estimate of drug-likeness (QED) is 0.456. The zero-order valence-electron chi connectivity index (χ0n) is 14.0. The van der Waals surface area contributed by atoms with Crippen molar-refractivity contribution in [1.29, 1.82) is 0 Å². The van der Waals surface area contributed by atoms with Crippen molar-refractivity contribution >= 4 is 11.7 Å². The third-order valence-corrected chi connectivity index (χ3v) is 3.51. The Morgan fingerprint density at radius 1 is 1.08 bits per heavy atom. The maximum Gasteiger partial charge on any atom is 0.338 e. The predicted octanol–water partition coefficient (Wildman–Crippen LogP) is 4.57. The molecule has 0 heterocycles. The normalized spacial score (nSPS) is 10.5. The molecule has 126 valence electrons. The molecule has 6 heteroatoms. The van der Waals surface area contributed by atoms with E-state index in [1.807, 2.05) is 0 Å². The van der Waals surface area contributed by atoms with Crippen molar-refractivity contribution in [3.63, 3.8) is 0 Å². The molecule has 0 fully saturated rings. The zero-order valence-corrected chi connectivity index (χ0v) is 14.0. The topological polar surface area (TPSA) is 78.7 Å². The fourth-order valence-corrected chi connectivity index (χ4v) is 2.15. The molecule has 0 saturated carbocycles. The van der Waals surface area contributed by atoms with Gasteiger partial charge in [-0.3, -0.25) is 10.1 Å². The van der Waals surface area contributed by atoms with Gasteiger partial charge in [0.15, 0.2) is 0 Å². The second-order valence-electron chi connectivity index (χ2n) is 5.69. The molecule has 0 radical (unpaired) electrons. The van der Waals surface area contributed by atoms with Crippen molar-refractivity contribution < 1.29 is 19.2 Å². The van der Waals surface area contributed by atoms with Crippen LogP contribution in [0.5, 0.6) is 11.5 Å². The van der Waals surface area contributed by atoms with Crippen LogP contribution >= 0.6 is 0 Å². The van der Waals surface area contributed by atoms with E-state index in [1.165, 1.54) is 0 Å². The van der Waals surface area contributed by atoms with E-state index in [1.54, 1.807) is 64.1 Å². The lowest BCUT2D eigenvalue weighted by atomic mass is 10.1. The van der Waals surface area contributed by atoms with Gasteiger partial charge in [-0.25, -0.2) is 4.79 Å². The number of hydrogen-bond acceptors (Lipinski definition) is 5. The Bertz CT molecular complexity index is 766. The molecule has 0 unspecified atom stereocenters. The molecule has 2 aromatic carbocycles. The SMILES string of the molecule is Cc1ccc(Oc2ccc(C(=O)OC(C)C)cc2)c([N+](=O)[O-])c1C. The Balaban J connectivity index is 2.25. The van der Waals surface area contributed by atoms with E-state index in [2.05, 4.69) is 0 Å². The summed E-state index contributed by atoms with van der Waals surface area (Å²) in [5.74, 6) is 0.150. The number of carbonyl (C=O) groups excluding carboxylic acids is 1. The van der Waals surface area contributed by atoms with Crippen LogP contribution in [0.2, 0.25) is 0 Å². The van der Waals surface area contributed by atoms with Crippen molar-refractivity contribution in [2.24, 2.45) is 0 Å². The zero-order chi connectivity index (χ0) is 17.9. The molecule has 0 aliphatic heterocycles. The molecule has 0 bridgehead atoms. The molecule has 0 aromatic heterocycles. The van der Waals surface area contributed by atoms with Crippen LogP contribution in [0.4, 0.5) is 5.69 Å². The maximum absolute atomic E-state index is 11.8. The Labute approximate surface area is 140 Å². The van der Waals surface area contributed by atoms with Crippen LogP contribution < -0.4 is 4.74 Å². The smallest absolute Gasteiger partial charge is 0.338 e. The van der Waals surface area contributed by atoms with E-state index in [4.69, 9.17) is 9.47 Å². The van der Waals surface area contributed by atoms with Crippen LogP contribution in [-0.4, -0.2) is 17.0 Å². The molecular weight excluding hydrogens is 310 g/mol. The lowest BCUT2D eigenvalue weighted by Gasteiger charge is -2.11. The summed E-state index contributed by atoms with van der Waals surface area (Å²) in [5.41, 5.74) is 1.72. The van der Waals surface area contributed by atoms with Gasteiger partial charge < -0.3 is 9.47 Å². The van der Waals surface area contributed by atoms with Crippen LogP contribution in [0.1, 0.15) is 35.3 Å². The van der Waals surface area contributed by atoms with Gasteiger partial charge in [-0.15, -0.1) is 0 Å². The summed E-state index contributed by atoms with van der Waals surface area (Å²) in [7, 11) is 0. The third kappa shape index (κ3) is 3.90. The number of esters is 1. The molecule has 2 rings (SSSR count). The monoisotopic (exact) mass is 329 g/mol. The first-order valence-electron chi connectivity index (χ1n) is 7.53. The van der Waals surface area contributed by atoms with Gasteiger partial charge in [0.25, 0.3) is 0 Å². The fraction of sp³-hybridized carbons (Fsp3) is 0.278. The Morgan fingerprint density at radius 3 is 2.25 bits per heavy atom. The number of nitro benzene ring substituents is 1. The minimum Gasteiger partial charge on any atom is -0.459 e.